The quantitative estimate of drug-likeness (QED) is 0.600. The van der Waals surface area contributed by atoms with E-state index in [0.717, 1.165) is 20.3 Å². The molecule has 2 rings (SSSR count). The average molecular weight is 420 g/mol. The molecule has 0 aliphatic heterocycles. The van der Waals surface area contributed by atoms with Gasteiger partial charge in [-0.05, 0) is 75.6 Å². The summed E-state index contributed by atoms with van der Waals surface area (Å²) in [7, 11) is 0. The van der Waals surface area contributed by atoms with Crippen molar-refractivity contribution < 1.29 is 4.74 Å². The van der Waals surface area contributed by atoms with Gasteiger partial charge in [-0.2, -0.15) is 14.9 Å². The zero-order valence-corrected chi connectivity index (χ0v) is 14.8. The van der Waals surface area contributed by atoms with Gasteiger partial charge in [-0.1, -0.05) is 0 Å². The summed E-state index contributed by atoms with van der Waals surface area (Å²) in [6.07, 6.45) is 1.71. The Hall–Kier alpha value is -0.990. The fourth-order valence-electron chi connectivity index (χ4n) is 1.57. The van der Waals surface area contributed by atoms with E-state index in [1.54, 1.807) is 10.9 Å². The van der Waals surface area contributed by atoms with Crippen LogP contribution in [0.2, 0.25) is 0 Å². The monoisotopic (exact) mass is 418 g/mol. The van der Waals surface area contributed by atoms with Gasteiger partial charge in [-0.15, -0.1) is 0 Å². The fourth-order valence-corrected chi connectivity index (χ4v) is 3.24. The van der Waals surface area contributed by atoms with Crippen LogP contribution in [0.25, 0.3) is 0 Å². The van der Waals surface area contributed by atoms with Gasteiger partial charge in [0.15, 0.2) is 0 Å². The van der Waals surface area contributed by atoms with Crippen LogP contribution in [-0.2, 0) is 0 Å². The largest absolute Gasteiger partial charge is 0.492 e. The molecule has 20 heavy (non-hydrogen) atoms. The number of nitrogens with one attached hydrogen (secondary N) is 1. The molecule has 0 radical (unpaired) electrons. The van der Waals surface area contributed by atoms with E-state index in [1.165, 1.54) is 0 Å². The lowest BCUT2D eigenvalue weighted by molar-refractivity contribution is 0.336. The van der Waals surface area contributed by atoms with Crippen LogP contribution in [0, 0.1) is 11.7 Å². The van der Waals surface area contributed by atoms with E-state index in [0.29, 0.717) is 17.2 Å². The molecule has 0 unspecified atom stereocenters. The molecule has 106 valence electrons. The van der Waals surface area contributed by atoms with Gasteiger partial charge in [0.2, 0.25) is 4.77 Å². The van der Waals surface area contributed by atoms with Gasteiger partial charge in [-0.3, -0.25) is 5.10 Å². The van der Waals surface area contributed by atoms with Crippen molar-refractivity contribution in [1.29, 1.82) is 0 Å². The first-order valence-electron chi connectivity index (χ1n) is 5.83. The van der Waals surface area contributed by atoms with Crippen LogP contribution in [0.1, 0.15) is 18.3 Å². The third-order valence-corrected chi connectivity index (χ3v) is 3.89. The number of aromatic nitrogens is 3. The van der Waals surface area contributed by atoms with Crippen LogP contribution >= 0.6 is 44.1 Å². The van der Waals surface area contributed by atoms with E-state index >= 15 is 0 Å². The van der Waals surface area contributed by atoms with E-state index in [-0.39, 0.29) is 0 Å². The van der Waals surface area contributed by atoms with Gasteiger partial charge in [0.1, 0.15) is 11.6 Å². The van der Waals surface area contributed by atoms with E-state index in [2.05, 4.69) is 47.2 Å². The summed E-state index contributed by atoms with van der Waals surface area (Å²) >= 11 is 12.1. The minimum Gasteiger partial charge on any atom is -0.492 e. The Kier molecular flexibility index (Phi) is 5.11. The van der Waals surface area contributed by atoms with Crippen LogP contribution in [0.15, 0.2) is 26.2 Å². The van der Waals surface area contributed by atoms with Gasteiger partial charge >= 0.3 is 0 Å². The molecule has 0 bridgehead atoms. The lowest BCUT2D eigenvalue weighted by atomic mass is 10.2. The lowest BCUT2D eigenvalue weighted by Crippen LogP contribution is -1.96. The molecule has 5 nitrogen and oxygen atoms in total. The van der Waals surface area contributed by atoms with E-state index in [4.69, 9.17) is 17.0 Å². The van der Waals surface area contributed by atoms with Crippen LogP contribution in [0.5, 0.6) is 5.75 Å². The highest BCUT2D eigenvalue weighted by atomic mass is 79.9. The van der Waals surface area contributed by atoms with Crippen LogP contribution in [0.4, 0.5) is 0 Å². The number of hydrogen-bond donors (Lipinski definition) is 1. The van der Waals surface area contributed by atoms with Crippen molar-refractivity contribution in [3.05, 3.63) is 37.2 Å². The summed E-state index contributed by atoms with van der Waals surface area (Å²) in [6.45, 7) is 4.37. The highest BCUT2D eigenvalue weighted by Crippen LogP contribution is 2.34. The number of H-pyrrole nitrogens is 1. The first kappa shape index (κ1) is 15.4. The molecule has 0 spiro atoms. The predicted molar refractivity (Wildman–Crippen MR) is 88.2 cm³/mol. The van der Waals surface area contributed by atoms with Crippen LogP contribution in [0.3, 0.4) is 0 Å². The first-order chi connectivity index (χ1) is 9.52. The molecule has 8 heteroatoms. The highest BCUT2D eigenvalue weighted by Gasteiger charge is 2.07. The third kappa shape index (κ3) is 3.36. The third-order valence-electron chi connectivity index (χ3n) is 2.44. The number of halogens is 2. The Labute approximate surface area is 138 Å². The normalized spacial score (nSPS) is 11.2. The van der Waals surface area contributed by atoms with E-state index in [9.17, 15) is 0 Å². The average Bonchev–Trinajstić information content (AvgIpc) is 2.71. The molecule has 1 aromatic carbocycles. The maximum absolute atomic E-state index is 5.54. The van der Waals surface area contributed by atoms with Crippen molar-refractivity contribution in [2.45, 2.75) is 13.8 Å². The minimum atomic E-state index is 0.461. The number of hydrogen-bond acceptors (Lipinski definition) is 4. The second kappa shape index (κ2) is 6.64. The van der Waals surface area contributed by atoms with Gasteiger partial charge in [-0.25, -0.2) is 0 Å². The summed E-state index contributed by atoms with van der Waals surface area (Å²) in [5.74, 6) is 1.48. The molecule has 2 aromatic rings. The van der Waals surface area contributed by atoms with Gasteiger partial charge in [0.05, 0.1) is 21.8 Å². The summed E-state index contributed by atoms with van der Waals surface area (Å²) in [5.41, 5.74) is 0.912. The standard InChI is InChI=1S/C12H12Br2N4OS/c1-3-19-11-9(13)4-8(5-10(11)14)6-15-18-7(2)16-17-12(18)20/h4-6H,3H2,1-2H3,(H,17,20)/b15-6-. The first-order valence-corrected chi connectivity index (χ1v) is 7.82. The number of nitrogens with zero attached hydrogens (tertiary/aromatic N) is 3. The molecule has 0 saturated carbocycles. The summed E-state index contributed by atoms with van der Waals surface area (Å²) in [6, 6.07) is 3.86. The smallest absolute Gasteiger partial charge is 0.216 e. The lowest BCUT2D eigenvalue weighted by Gasteiger charge is -2.09. The van der Waals surface area contributed by atoms with Crippen molar-refractivity contribution >= 4 is 50.3 Å². The van der Waals surface area contributed by atoms with Crippen molar-refractivity contribution in [3.63, 3.8) is 0 Å². The summed E-state index contributed by atoms with van der Waals surface area (Å²) in [5, 5.41) is 11.0. The number of aryl methyl sites for hydroxylation is 1. The molecule has 0 amide bonds. The number of rotatable bonds is 4. The number of benzene rings is 1. The Balaban J connectivity index is 2.33. The topological polar surface area (TPSA) is 55.2 Å². The highest BCUT2D eigenvalue weighted by molar-refractivity contribution is 9.11. The van der Waals surface area contributed by atoms with Crippen molar-refractivity contribution in [2.24, 2.45) is 5.10 Å². The van der Waals surface area contributed by atoms with Crippen LogP contribution in [-0.4, -0.2) is 27.7 Å². The molecule has 0 saturated heterocycles. The fraction of sp³-hybridized carbons (Fsp3) is 0.250. The Morgan fingerprint density at radius 1 is 1.45 bits per heavy atom. The van der Waals surface area contributed by atoms with Crippen molar-refractivity contribution in [2.75, 3.05) is 6.61 Å². The zero-order chi connectivity index (χ0) is 14.7. The second-order valence-electron chi connectivity index (χ2n) is 3.88. The molecule has 0 aliphatic carbocycles. The Morgan fingerprint density at radius 2 is 2.10 bits per heavy atom. The van der Waals surface area contributed by atoms with Crippen LogP contribution < -0.4 is 4.74 Å². The van der Waals surface area contributed by atoms with Gasteiger partial charge < -0.3 is 4.74 Å². The molecule has 1 heterocycles. The SMILES string of the molecule is CCOc1c(Br)cc(/C=N\n2c(C)n[nH]c2=S)cc1Br. The van der Waals surface area contributed by atoms with E-state index in [1.807, 2.05) is 26.0 Å². The molecule has 1 N–H and O–H groups in total. The second-order valence-corrected chi connectivity index (χ2v) is 5.97. The summed E-state index contributed by atoms with van der Waals surface area (Å²) < 4.78 is 9.29. The number of aromatic amines is 1. The molecule has 1 aromatic heterocycles. The summed E-state index contributed by atoms with van der Waals surface area (Å²) in [4.78, 5) is 0. The molecule has 0 aliphatic rings. The maximum atomic E-state index is 5.54. The predicted octanol–water partition coefficient (Wildman–Crippen LogP) is 4.06. The Bertz CT molecular complexity index is 685. The minimum absolute atomic E-state index is 0.461. The molecular weight excluding hydrogens is 408 g/mol. The van der Waals surface area contributed by atoms with Gasteiger partial charge in [0, 0.05) is 0 Å². The maximum Gasteiger partial charge on any atom is 0.216 e. The molecule has 0 fully saturated rings. The zero-order valence-electron chi connectivity index (χ0n) is 10.9. The van der Waals surface area contributed by atoms with Crippen molar-refractivity contribution in [1.82, 2.24) is 14.9 Å². The number of ether oxygens (including phenoxy) is 1. The molecule has 0 atom stereocenters. The van der Waals surface area contributed by atoms with Crippen molar-refractivity contribution in [3.8, 4) is 5.75 Å². The van der Waals surface area contributed by atoms with E-state index < -0.39 is 0 Å². The van der Waals surface area contributed by atoms with Gasteiger partial charge in [0.25, 0.3) is 0 Å². The Morgan fingerprint density at radius 3 is 2.60 bits per heavy atom. The molecular formula is C12H12Br2N4OS.